The summed E-state index contributed by atoms with van der Waals surface area (Å²) < 4.78 is 4.98. The Morgan fingerprint density at radius 1 is 0.591 bits per heavy atom. The van der Waals surface area contributed by atoms with Crippen molar-refractivity contribution in [1.82, 2.24) is 0 Å². The number of rotatable bonds is 4. The Balaban J connectivity index is -0.0000000182. The van der Waals surface area contributed by atoms with Crippen LogP contribution in [0.5, 0.6) is 0 Å². The van der Waals surface area contributed by atoms with Crippen molar-refractivity contribution < 1.29 is 14.9 Å². The molecule has 2 N–H and O–H groups in total. The second-order valence-electron chi connectivity index (χ2n) is 1.64. The maximum atomic E-state index is 7.62. The summed E-state index contributed by atoms with van der Waals surface area (Å²) in [6.45, 7) is 41.6. The highest BCUT2D eigenvalue weighted by Crippen LogP contribution is 1.75. The Hall–Kier alpha value is -1.68. The summed E-state index contributed by atoms with van der Waals surface area (Å²) in [5.74, 6) is 0. The Morgan fingerprint density at radius 3 is 0.864 bits per heavy atom. The predicted molar refractivity (Wildman–Crippen MR) is 108 cm³/mol. The smallest absolute Gasteiger partial charge is 0.0662 e. The minimum absolute atomic E-state index is 0.125. The van der Waals surface area contributed by atoms with Crippen LogP contribution in [-0.2, 0) is 4.74 Å². The van der Waals surface area contributed by atoms with E-state index in [1.807, 2.05) is 6.92 Å². The Labute approximate surface area is 141 Å². The average molecular weight is 319 g/mol. The molecule has 3 heteroatoms. The number of aliphatic hydroxyl groups is 2. The van der Waals surface area contributed by atoms with Gasteiger partial charge in [0, 0.05) is 13.2 Å². The number of aliphatic hydroxyl groups excluding tert-OH is 2. The van der Waals surface area contributed by atoms with Crippen LogP contribution in [0, 0.1) is 0 Å². The molecule has 0 aliphatic rings. The van der Waals surface area contributed by atoms with E-state index in [2.05, 4.69) is 85.9 Å². The van der Waals surface area contributed by atoms with Gasteiger partial charge in [-0.1, -0.05) is 6.92 Å². The quantitative estimate of drug-likeness (QED) is 0.552. The van der Waals surface area contributed by atoms with E-state index >= 15 is 0 Å². The Bertz CT molecular complexity index is 77.2. The fourth-order valence-corrected chi connectivity index (χ4v) is 0.289. The van der Waals surface area contributed by atoms with Crippen LogP contribution in [0.15, 0.2) is 78.9 Å². The minimum Gasteiger partial charge on any atom is -0.394 e. The van der Waals surface area contributed by atoms with Crippen LogP contribution >= 0.6 is 0 Å². The second-order valence-corrected chi connectivity index (χ2v) is 1.64. The van der Waals surface area contributed by atoms with E-state index in [1.54, 1.807) is 0 Å². The second kappa shape index (κ2) is 347. The lowest BCUT2D eigenvalue weighted by Gasteiger charge is -1.91. The minimum atomic E-state index is -0.125. The molecule has 0 spiro atoms. The largest absolute Gasteiger partial charge is 0.394 e. The molecule has 0 fully saturated rings. The first kappa shape index (κ1) is 50.0. The molecule has 0 heterocycles. The lowest BCUT2D eigenvalue weighted by atomic mass is 10.5. The van der Waals surface area contributed by atoms with Crippen LogP contribution in [0.4, 0.5) is 0 Å². The van der Waals surface area contributed by atoms with Crippen molar-refractivity contribution in [3.05, 3.63) is 78.9 Å². The lowest BCUT2D eigenvalue weighted by molar-refractivity contribution is 0.148. The van der Waals surface area contributed by atoms with E-state index < -0.39 is 0 Å². The van der Waals surface area contributed by atoms with Crippen molar-refractivity contribution in [2.24, 2.45) is 0 Å². The molecule has 22 heavy (non-hydrogen) atoms. The average Bonchev–Trinajstić information content (AvgIpc) is 2.69. The van der Waals surface area contributed by atoms with Crippen LogP contribution in [0.1, 0.15) is 20.3 Å². The van der Waals surface area contributed by atoms with Gasteiger partial charge in [0.05, 0.1) is 13.2 Å². The van der Waals surface area contributed by atoms with E-state index in [4.69, 9.17) is 14.9 Å². The van der Waals surface area contributed by atoms with Crippen LogP contribution < -0.4 is 0 Å². The van der Waals surface area contributed by atoms with E-state index in [0.29, 0.717) is 0 Å². The van der Waals surface area contributed by atoms with Gasteiger partial charge in [-0.15, -0.1) is 78.9 Å². The summed E-state index contributed by atoms with van der Waals surface area (Å²) in [6, 6.07) is 0. The van der Waals surface area contributed by atoms with Gasteiger partial charge in [-0.05, 0) is 13.3 Å². The molecule has 0 bridgehead atoms. The van der Waals surface area contributed by atoms with Crippen molar-refractivity contribution in [2.75, 3.05) is 26.4 Å². The van der Waals surface area contributed by atoms with E-state index in [9.17, 15) is 0 Å². The van der Waals surface area contributed by atoms with E-state index in [0.717, 1.165) is 19.6 Å². The summed E-state index contributed by atoms with van der Waals surface area (Å²) >= 11 is 0. The molecule has 0 aliphatic carbocycles. The predicted octanol–water partition coefficient (Wildman–Crippen LogP) is 5.22. The fourth-order valence-electron chi connectivity index (χ4n) is 0.289. The zero-order chi connectivity index (χ0) is 20.2. The highest BCUT2D eigenvalue weighted by molar-refractivity contribution is 4.23. The molecule has 0 amide bonds. The highest BCUT2D eigenvalue weighted by Gasteiger charge is 1.72. The van der Waals surface area contributed by atoms with Crippen LogP contribution in [0.25, 0.3) is 0 Å². The maximum Gasteiger partial charge on any atom is 0.0662 e. The van der Waals surface area contributed by atoms with Gasteiger partial charge in [-0.25, -0.2) is 0 Å². The molecule has 0 aromatic rings. The first-order chi connectivity index (χ1) is 10.8. The van der Waals surface area contributed by atoms with Gasteiger partial charge < -0.3 is 14.9 Å². The zero-order valence-corrected chi connectivity index (χ0v) is 15.3. The van der Waals surface area contributed by atoms with Crippen molar-refractivity contribution in [2.45, 2.75) is 20.3 Å². The van der Waals surface area contributed by atoms with Crippen LogP contribution in [-0.4, -0.2) is 36.6 Å². The topological polar surface area (TPSA) is 49.7 Å². The molecule has 0 rings (SSSR count). The monoisotopic (exact) mass is 318 g/mol. The highest BCUT2D eigenvalue weighted by atomic mass is 16.5. The van der Waals surface area contributed by atoms with Crippen LogP contribution in [0.3, 0.4) is 0 Å². The van der Waals surface area contributed by atoms with Gasteiger partial charge in [-0.2, -0.15) is 0 Å². The molecule has 0 aromatic carbocycles. The van der Waals surface area contributed by atoms with E-state index in [1.165, 1.54) is 0 Å². The molecule has 0 saturated heterocycles. The Morgan fingerprint density at radius 2 is 0.818 bits per heavy atom. The third-order valence-electron chi connectivity index (χ3n) is 0.653. The zero-order valence-electron chi connectivity index (χ0n) is 15.3. The lowest BCUT2D eigenvalue weighted by Crippen LogP contribution is -1.88. The molecule has 136 valence electrons. The molecule has 0 aliphatic heterocycles. The van der Waals surface area contributed by atoms with Crippen molar-refractivity contribution in [3.8, 4) is 0 Å². The standard InChI is InChI=1S/C5H12O.C2H6O2.6C2H4/c1-3-5-6-4-2;3-1-2-4;6*1-2/h3-5H2,1-2H3;3-4H,1-2H2;6*1-2H2. The third kappa shape index (κ3) is 1020. The number of hydrogen-bond donors (Lipinski definition) is 2. The third-order valence-corrected chi connectivity index (χ3v) is 0.653. The van der Waals surface area contributed by atoms with Gasteiger partial charge in [0.25, 0.3) is 0 Å². The normalized spacial score (nSPS) is 4.91. The molecule has 0 atom stereocenters. The molecular weight excluding hydrogens is 276 g/mol. The van der Waals surface area contributed by atoms with Crippen molar-refractivity contribution in [3.63, 3.8) is 0 Å². The van der Waals surface area contributed by atoms with Gasteiger partial charge in [0.15, 0.2) is 0 Å². The number of hydrogen-bond acceptors (Lipinski definition) is 3. The SMILES string of the molecule is C=C.C=C.C=C.C=C.C=C.C=C.CCCOCC.OCCO. The molecule has 3 nitrogen and oxygen atoms in total. The van der Waals surface area contributed by atoms with Crippen molar-refractivity contribution in [1.29, 1.82) is 0 Å². The van der Waals surface area contributed by atoms with Gasteiger partial charge >= 0.3 is 0 Å². The molecule has 0 radical (unpaired) electrons. The maximum absolute atomic E-state index is 7.62. The molecule has 0 unspecified atom stereocenters. The number of ether oxygens (including phenoxy) is 1. The molecule has 0 aromatic heterocycles. The summed E-state index contributed by atoms with van der Waals surface area (Å²) in [6.07, 6.45) is 1.13. The van der Waals surface area contributed by atoms with E-state index in [-0.39, 0.29) is 13.2 Å². The molecule has 0 saturated carbocycles. The van der Waals surface area contributed by atoms with Gasteiger partial charge in [0.2, 0.25) is 0 Å². The molecular formula is C19H42O3. The first-order valence-electron chi connectivity index (χ1n) is 6.62. The Kier molecular flexibility index (Phi) is 789. The van der Waals surface area contributed by atoms with Crippen LogP contribution in [0.2, 0.25) is 0 Å². The first-order valence-corrected chi connectivity index (χ1v) is 6.62. The van der Waals surface area contributed by atoms with Crippen molar-refractivity contribution >= 4 is 0 Å². The van der Waals surface area contributed by atoms with Gasteiger partial charge in [-0.3, -0.25) is 0 Å². The summed E-state index contributed by atoms with van der Waals surface area (Å²) in [5, 5.41) is 15.2. The summed E-state index contributed by atoms with van der Waals surface area (Å²) in [7, 11) is 0. The summed E-state index contributed by atoms with van der Waals surface area (Å²) in [5.41, 5.74) is 0. The fraction of sp³-hybridized carbons (Fsp3) is 0.368. The van der Waals surface area contributed by atoms with Gasteiger partial charge in [0.1, 0.15) is 0 Å². The summed E-state index contributed by atoms with van der Waals surface area (Å²) in [4.78, 5) is 0.